The summed E-state index contributed by atoms with van der Waals surface area (Å²) in [5, 5.41) is 3.67. The fourth-order valence-corrected chi connectivity index (χ4v) is 4.09. The van der Waals surface area contributed by atoms with Gasteiger partial charge in [-0.2, -0.15) is 0 Å². The molecule has 3 rings (SSSR count). The van der Waals surface area contributed by atoms with E-state index in [0.29, 0.717) is 21.2 Å². The number of rotatable bonds is 5. The number of benzene rings is 2. The van der Waals surface area contributed by atoms with Gasteiger partial charge in [0, 0.05) is 15.6 Å². The van der Waals surface area contributed by atoms with Crippen LogP contribution in [0.3, 0.4) is 0 Å². The summed E-state index contributed by atoms with van der Waals surface area (Å²) in [5.74, 6) is -0.157. The van der Waals surface area contributed by atoms with Gasteiger partial charge in [0.1, 0.15) is 10.6 Å². The quantitative estimate of drug-likeness (QED) is 0.379. The monoisotopic (exact) mass is 461 g/mol. The predicted octanol–water partition coefficient (Wildman–Crippen LogP) is 4.68. The molecule has 0 aliphatic heterocycles. The third-order valence-corrected chi connectivity index (χ3v) is 6.16. The molecule has 3 aromatic rings. The number of ether oxygens (including phenoxy) is 1. The molecule has 0 bridgehead atoms. The van der Waals surface area contributed by atoms with E-state index in [2.05, 4.69) is 16.2 Å². The van der Waals surface area contributed by atoms with E-state index < -0.39 is 11.8 Å². The predicted molar refractivity (Wildman–Crippen MR) is 124 cm³/mol. The number of halogens is 1. The van der Waals surface area contributed by atoms with Gasteiger partial charge >= 0.3 is 0 Å². The Hall–Kier alpha value is -2.68. The van der Waals surface area contributed by atoms with Gasteiger partial charge in [-0.25, -0.2) is 0 Å². The lowest BCUT2D eigenvalue weighted by atomic mass is 10.2. The zero-order valence-electron chi connectivity index (χ0n) is 16.3. The topological polar surface area (TPSA) is 79.5 Å². The van der Waals surface area contributed by atoms with Crippen molar-refractivity contribution in [2.45, 2.75) is 26.4 Å². The zero-order chi connectivity index (χ0) is 21.7. The smallest absolute Gasteiger partial charge is 0.281 e. The van der Waals surface area contributed by atoms with Gasteiger partial charge in [0.25, 0.3) is 11.8 Å². The number of hydrogen-bond acceptors (Lipinski definition) is 5. The summed E-state index contributed by atoms with van der Waals surface area (Å²) in [6, 6.07) is 14.2. The van der Waals surface area contributed by atoms with Gasteiger partial charge in [-0.05, 0) is 55.9 Å². The summed E-state index contributed by atoms with van der Waals surface area (Å²) in [5.41, 5.74) is 5.39. The molecule has 6 nitrogen and oxygen atoms in total. The van der Waals surface area contributed by atoms with Crippen LogP contribution in [0.25, 0.3) is 10.1 Å². The van der Waals surface area contributed by atoms with Crippen LogP contribution in [0.5, 0.6) is 5.75 Å². The van der Waals surface area contributed by atoms with Crippen LogP contribution in [0.4, 0.5) is 0 Å². The molecule has 0 aliphatic rings. The second-order valence-corrected chi connectivity index (χ2v) is 8.30. The lowest BCUT2D eigenvalue weighted by Crippen LogP contribution is -2.48. The van der Waals surface area contributed by atoms with E-state index >= 15 is 0 Å². The highest BCUT2D eigenvalue weighted by atomic mass is 35.5. The first-order valence-electron chi connectivity index (χ1n) is 9.24. The van der Waals surface area contributed by atoms with Crippen molar-refractivity contribution in [3.8, 4) is 5.75 Å². The molecular formula is C21H20ClN3O3S2. The number of thiophene rings is 1. The average molecular weight is 462 g/mol. The zero-order valence-corrected chi connectivity index (χ0v) is 18.7. The number of hydrogen-bond donors (Lipinski definition) is 3. The minimum atomic E-state index is -0.440. The van der Waals surface area contributed by atoms with Crippen LogP contribution in [0, 0.1) is 0 Å². The van der Waals surface area contributed by atoms with Crippen molar-refractivity contribution in [2.75, 3.05) is 0 Å². The van der Waals surface area contributed by atoms with Gasteiger partial charge in [-0.3, -0.25) is 25.8 Å². The Kier molecular flexibility index (Phi) is 7.25. The highest BCUT2D eigenvalue weighted by Crippen LogP contribution is 2.34. The van der Waals surface area contributed by atoms with Gasteiger partial charge < -0.3 is 4.74 Å². The number of thiocarbonyl (C=S) groups is 1. The van der Waals surface area contributed by atoms with Crippen LogP contribution in [0.2, 0.25) is 5.02 Å². The molecule has 0 radical (unpaired) electrons. The molecule has 1 aromatic heterocycles. The number of amides is 2. The lowest BCUT2D eigenvalue weighted by molar-refractivity contribution is 0.0938. The van der Waals surface area contributed by atoms with E-state index in [1.165, 1.54) is 11.3 Å². The van der Waals surface area contributed by atoms with Crippen molar-refractivity contribution in [2.24, 2.45) is 0 Å². The summed E-state index contributed by atoms with van der Waals surface area (Å²) < 4.78 is 6.60. The van der Waals surface area contributed by atoms with Crippen molar-refractivity contribution in [3.63, 3.8) is 0 Å². The minimum Gasteiger partial charge on any atom is -0.491 e. The van der Waals surface area contributed by atoms with Gasteiger partial charge in [-0.15, -0.1) is 11.3 Å². The second-order valence-electron chi connectivity index (χ2n) is 6.46. The molecule has 0 aliphatic carbocycles. The molecule has 1 atom stereocenters. The van der Waals surface area contributed by atoms with Crippen molar-refractivity contribution in [1.82, 2.24) is 16.2 Å². The van der Waals surface area contributed by atoms with E-state index in [1.54, 1.807) is 24.3 Å². The standard InChI is InChI=1S/C21H20ClN3O3S2/c1-3-12(2)28-14-10-8-13(9-11-14)19(26)23-21(29)25-24-20(27)18-17(22)15-6-4-5-7-16(15)30-18/h4-12H,3H2,1-2H3,(H,24,27)(H2,23,25,26,29). The largest absolute Gasteiger partial charge is 0.491 e. The first-order valence-corrected chi connectivity index (χ1v) is 10.8. The summed E-state index contributed by atoms with van der Waals surface area (Å²) in [4.78, 5) is 25.1. The highest BCUT2D eigenvalue weighted by Gasteiger charge is 2.17. The Bertz CT molecular complexity index is 1080. The molecular weight excluding hydrogens is 442 g/mol. The number of carbonyl (C=O) groups excluding carboxylic acids is 2. The first-order chi connectivity index (χ1) is 14.4. The van der Waals surface area contributed by atoms with Crippen molar-refractivity contribution in [3.05, 3.63) is 64.0 Å². The number of carbonyl (C=O) groups is 2. The Morgan fingerprint density at radius 3 is 2.47 bits per heavy atom. The fourth-order valence-electron chi connectivity index (χ4n) is 2.54. The van der Waals surface area contributed by atoms with Crippen molar-refractivity contribution >= 4 is 62.2 Å². The van der Waals surface area contributed by atoms with Gasteiger partial charge in [0.15, 0.2) is 5.11 Å². The summed E-state index contributed by atoms with van der Waals surface area (Å²) in [6.07, 6.45) is 0.986. The Morgan fingerprint density at radius 2 is 1.80 bits per heavy atom. The molecule has 30 heavy (non-hydrogen) atoms. The molecule has 0 saturated carbocycles. The van der Waals surface area contributed by atoms with Gasteiger partial charge in [0.2, 0.25) is 0 Å². The molecule has 0 saturated heterocycles. The van der Waals surface area contributed by atoms with Gasteiger partial charge in [-0.1, -0.05) is 36.7 Å². The average Bonchev–Trinajstić information content (AvgIpc) is 3.09. The van der Waals surface area contributed by atoms with Crippen LogP contribution in [0.15, 0.2) is 48.5 Å². The lowest BCUT2D eigenvalue weighted by Gasteiger charge is -2.13. The maximum atomic E-state index is 12.4. The molecule has 2 aromatic carbocycles. The Morgan fingerprint density at radius 1 is 1.10 bits per heavy atom. The number of nitrogens with one attached hydrogen (secondary N) is 3. The van der Waals surface area contributed by atoms with E-state index in [-0.39, 0.29) is 11.2 Å². The summed E-state index contributed by atoms with van der Waals surface area (Å²) in [6.45, 7) is 4.01. The van der Waals surface area contributed by atoms with Crippen LogP contribution in [-0.2, 0) is 0 Å². The normalized spacial score (nSPS) is 11.6. The molecule has 3 N–H and O–H groups in total. The van der Waals surface area contributed by atoms with E-state index in [9.17, 15) is 9.59 Å². The molecule has 2 amide bonds. The van der Waals surface area contributed by atoms with E-state index in [1.807, 2.05) is 38.1 Å². The van der Waals surface area contributed by atoms with Crippen LogP contribution in [0.1, 0.15) is 40.3 Å². The maximum absolute atomic E-state index is 12.4. The third-order valence-electron chi connectivity index (χ3n) is 4.29. The SMILES string of the molecule is CCC(C)Oc1ccc(C(=O)NC(=S)NNC(=O)c2sc3ccccc3c2Cl)cc1. The van der Waals surface area contributed by atoms with Crippen LogP contribution in [-0.4, -0.2) is 23.0 Å². The van der Waals surface area contributed by atoms with E-state index in [0.717, 1.165) is 16.5 Å². The van der Waals surface area contributed by atoms with Crippen molar-refractivity contribution < 1.29 is 14.3 Å². The molecule has 0 fully saturated rings. The second kappa shape index (κ2) is 9.88. The molecule has 1 heterocycles. The highest BCUT2D eigenvalue weighted by molar-refractivity contribution is 7.80. The van der Waals surface area contributed by atoms with Crippen LogP contribution < -0.4 is 20.9 Å². The number of fused-ring (bicyclic) bond motifs is 1. The van der Waals surface area contributed by atoms with E-state index in [4.69, 9.17) is 28.6 Å². The summed E-state index contributed by atoms with van der Waals surface area (Å²) in [7, 11) is 0. The van der Waals surface area contributed by atoms with Gasteiger partial charge in [0.05, 0.1) is 11.1 Å². The molecule has 9 heteroatoms. The minimum absolute atomic E-state index is 0.0366. The summed E-state index contributed by atoms with van der Waals surface area (Å²) >= 11 is 12.7. The molecule has 156 valence electrons. The number of hydrazine groups is 1. The molecule has 0 spiro atoms. The fraction of sp³-hybridized carbons (Fsp3) is 0.190. The van der Waals surface area contributed by atoms with Crippen molar-refractivity contribution in [1.29, 1.82) is 0 Å². The Balaban J connectivity index is 1.54. The van der Waals surface area contributed by atoms with Crippen LogP contribution >= 0.6 is 35.2 Å². The maximum Gasteiger partial charge on any atom is 0.281 e. The molecule has 1 unspecified atom stereocenters. The Labute approximate surface area is 188 Å². The third kappa shape index (κ3) is 5.27. The first kappa shape index (κ1) is 22.0.